The Morgan fingerprint density at radius 1 is 0.618 bits per heavy atom. The Bertz CT molecular complexity index is 1060. The molecule has 172 valence electrons. The largest absolute Gasteiger partial charge is 0.144 e. The summed E-state index contributed by atoms with van der Waals surface area (Å²) in [5.41, 5.74) is 1.85. The molecular weight excluding hydrogens is 467 g/mol. The quantitative estimate of drug-likeness (QED) is 0.239. The molecule has 0 N–H and O–H groups in total. The number of hydrogen-bond donors (Lipinski definition) is 0. The highest BCUT2D eigenvalue weighted by Gasteiger charge is 2.55. The molecule has 4 aromatic rings. The van der Waals surface area contributed by atoms with Gasteiger partial charge in [0.2, 0.25) is 0 Å². The highest BCUT2D eigenvalue weighted by Crippen LogP contribution is 2.70. The molecule has 0 spiro atoms. The zero-order valence-corrected chi connectivity index (χ0v) is 22.2. The van der Waals surface area contributed by atoms with Gasteiger partial charge in [-0.25, -0.2) is 0 Å². The predicted octanol–water partition coefficient (Wildman–Crippen LogP) is 7.70. The Labute approximate surface area is 213 Å². The molecular formula is C31H32PS2+. The molecule has 3 heteroatoms. The van der Waals surface area contributed by atoms with Crippen LogP contribution in [0.2, 0.25) is 0 Å². The van der Waals surface area contributed by atoms with Crippen LogP contribution in [0.5, 0.6) is 0 Å². The van der Waals surface area contributed by atoms with Crippen molar-refractivity contribution in [2.75, 3.05) is 11.5 Å². The van der Waals surface area contributed by atoms with E-state index >= 15 is 0 Å². The Morgan fingerprint density at radius 2 is 1.00 bits per heavy atom. The van der Waals surface area contributed by atoms with Crippen LogP contribution in [0.1, 0.15) is 31.0 Å². The maximum absolute atomic E-state index is 2.49. The monoisotopic (exact) mass is 499 g/mol. The van der Waals surface area contributed by atoms with Gasteiger partial charge in [-0.15, -0.1) is 23.5 Å². The van der Waals surface area contributed by atoms with E-state index in [1.165, 1.54) is 39.4 Å². The van der Waals surface area contributed by atoms with E-state index in [0.29, 0.717) is 5.66 Å². The molecule has 34 heavy (non-hydrogen) atoms. The Balaban J connectivity index is 1.82. The number of thioether (sulfide) groups is 2. The molecule has 0 aromatic heterocycles. The topological polar surface area (TPSA) is 0 Å². The van der Waals surface area contributed by atoms with Crippen molar-refractivity contribution in [3.8, 4) is 0 Å². The molecule has 0 saturated carbocycles. The summed E-state index contributed by atoms with van der Waals surface area (Å²) in [5, 5.41) is 4.40. The molecule has 0 radical (unpaired) electrons. The van der Waals surface area contributed by atoms with E-state index in [9.17, 15) is 0 Å². The average Bonchev–Trinajstić information content (AvgIpc) is 2.91. The Hall–Kier alpha value is -1.99. The first-order valence-corrected chi connectivity index (χ1v) is 15.9. The summed E-state index contributed by atoms with van der Waals surface area (Å²) in [7, 11) is -2.02. The van der Waals surface area contributed by atoms with Crippen molar-refractivity contribution >= 4 is 46.7 Å². The first-order valence-electron chi connectivity index (χ1n) is 12.1. The van der Waals surface area contributed by atoms with Crippen LogP contribution in [0.15, 0.2) is 121 Å². The van der Waals surface area contributed by atoms with Crippen LogP contribution in [-0.4, -0.2) is 15.6 Å². The molecule has 1 aliphatic heterocycles. The van der Waals surface area contributed by atoms with Crippen LogP contribution in [0.4, 0.5) is 0 Å². The molecule has 4 aromatic carbocycles. The van der Waals surface area contributed by atoms with Crippen LogP contribution in [0.25, 0.3) is 0 Å². The minimum absolute atomic E-state index is 0.211. The maximum Gasteiger partial charge on any atom is 0.119 e. The van der Waals surface area contributed by atoms with Gasteiger partial charge in [0.1, 0.15) is 28.8 Å². The third-order valence-corrected chi connectivity index (χ3v) is 14.8. The van der Waals surface area contributed by atoms with Gasteiger partial charge in [0.25, 0.3) is 0 Å². The van der Waals surface area contributed by atoms with Crippen LogP contribution in [-0.2, 0) is 0 Å². The van der Waals surface area contributed by atoms with Crippen LogP contribution in [0, 0.1) is 0 Å². The molecule has 1 aliphatic rings. The lowest BCUT2D eigenvalue weighted by Gasteiger charge is -2.41. The third-order valence-electron chi connectivity index (χ3n) is 6.81. The molecule has 0 bridgehead atoms. The minimum atomic E-state index is -2.02. The van der Waals surface area contributed by atoms with E-state index in [1.807, 2.05) is 0 Å². The second-order valence-corrected chi connectivity index (χ2v) is 16.1. The van der Waals surface area contributed by atoms with E-state index < -0.39 is 7.26 Å². The molecule has 0 amide bonds. The molecule has 1 fully saturated rings. The maximum atomic E-state index is 2.49. The lowest BCUT2D eigenvalue weighted by Crippen LogP contribution is -2.37. The SMILES string of the molecule is CC1(CC(c2ccccc2)[P+](c2ccccc2)(c2ccccc2)c2ccccc2)SCCCS1. The Kier molecular flexibility index (Phi) is 7.49. The Morgan fingerprint density at radius 3 is 1.41 bits per heavy atom. The predicted molar refractivity (Wildman–Crippen MR) is 157 cm³/mol. The van der Waals surface area contributed by atoms with Gasteiger partial charge >= 0.3 is 0 Å². The van der Waals surface area contributed by atoms with Crippen molar-refractivity contribution in [2.24, 2.45) is 0 Å². The zero-order chi connectivity index (χ0) is 23.3. The first kappa shape index (κ1) is 23.7. The van der Waals surface area contributed by atoms with Gasteiger partial charge in [0.05, 0.1) is 4.08 Å². The van der Waals surface area contributed by atoms with Gasteiger partial charge < -0.3 is 0 Å². The summed E-state index contributed by atoms with van der Waals surface area (Å²) >= 11 is 4.34. The van der Waals surface area contributed by atoms with E-state index in [0.717, 1.165) is 6.42 Å². The summed E-state index contributed by atoms with van der Waals surface area (Å²) in [6.45, 7) is 2.49. The van der Waals surface area contributed by atoms with Gasteiger partial charge in [-0.05, 0) is 66.8 Å². The lowest BCUT2D eigenvalue weighted by atomic mass is 10.1. The van der Waals surface area contributed by atoms with Crippen molar-refractivity contribution < 1.29 is 0 Å². The fraction of sp³-hybridized carbons (Fsp3) is 0.226. The molecule has 5 rings (SSSR count). The summed E-state index contributed by atoms with van der Waals surface area (Å²) < 4.78 is 0.211. The average molecular weight is 500 g/mol. The first-order chi connectivity index (χ1) is 16.7. The normalized spacial score (nSPS) is 16.6. The van der Waals surface area contributed by atoms with E-state index in [4.69, 9.17) is 0 Å². The van der Waals surface area contributed by atoms with Crippen LogP contribution < -0.4 is 15.9 Å². The van der Waals surface area contributed by atoms with Crippen molar-refractivity contribution in [3.63, 3.8) is 0 Å². The van der Waals surface area contributed by atoms with Gasteiger partial charge in [-0.2, -0.15) is 0 Å². The third kappa shape index (κ3) is 4.74. The molecule has 1 unspecified atom stereocenters. The van der Waals surface area contributed by atoms with E-state index in [-0.39, 0.29) is 4.08 Å². The molecule has 1 saturated heterocycles. The molecule has 1 atom stereocenters. The highest BCUT2D eigenvalue weighted by molar-refractivity contribution is 8.18. The van der Waals surface area contributed by atoms with Crippen molar-refractivity contribution in [1.29, 1.82) is 0 Å². The van der Waals surface area contributed by atoms with Crippen LogP contribution >= 0.6 is 30.8 Å². The number of rotatable bonds is 7. The lowest BCUT2D eigenvalue weighted by molar-refractivity contribution is 0.738. The van der Waals surface area contributed by atoms with Crippen LogP contribution in [0.3, 0.4) is 0 Å². The molecule has 0 aliphatic carbocycles. The van der Waals surface area contributed by atoms with Crippen molar-refractivity contribution in [1.82, 2.24) is 0 Å². The second-order valence-electron chi connectivity index (χ2n) is 9.04. The standard InChI is InChI=1S/C31H32PS2/c1-31(33-23-14-24-34-31)25-30(26-15-6-2-7-16-26)32(27-17-8-3-9-18-27,28-19-10-4-11-20-28)29-21-12-5-13-22-29/h2-13,15-22,30H,14,23-25H2,1H3/q+1. The fourth-order valence-corrected chi connectivity index (χ4v) is 13.7. The summed E-state index contributed by atoms with van der Waals surface area (Å²) in [4.78, 5) is 0. The number of hydrogen-bond acceptors (Lipinski definition) is 2. The van der Waals surface area contributed by atoms with E-state index in [1.54, 1.807) is 0 Å². The van der Waals surface area contributed by atoms with Gasteiger partial charge in [-0.1, -0.05) is 84.9 Å². The second kappa shape index (κ2) is 10.7. The number of benzene rings is 4. The van der Waals surface area contributed by atoms with Crippen molar-refractivity contribution in [2.45, 2.75) is 29.5 Å². The molecule has 1 heterocycles. The summed E-state index contributed by atoms with van der Waals surface area (Å²) in [6, 6.07) is 45.4. The summed E-state index contributed by atoms with van der Waals surface area (Å²) in [6.07, 6.45) is 2.47. The van der Waals surface area contributed by atoms with Crippen molar-refractivity contribution in [3.05, 3.63) is 127 Å². The van der Waals surface area contributed by atoms with E-state index in [2.05, 4.69) is 152 Å². The minimum Gasteiger partial charge on any atom is -0.144 e. The van der Waals surface area contributed by atoms with Gasteiger partial charge in [0.15, 0.2) is 0 Å². The molecule has 0 nitrogen and oxygen atoms in total. The van der Waals surface area contributed by atoms with Gasteiger partial charge in [0, 0.05) is 6.42 Å². The summed E-state index contributed by atoms with van der Waals surface area (Å²) in [5.74, 6) is 2.52. The zero-order valence-electron chi connectivity index (χ0n) is 19.7. The smallest absolute Gasteiger partial charge is 0.119 e. The van der Waals surface area contributed by atoms with Gasteiger partial charge in [-0.3, -0.25) is 0 Å². The highest BCUT2D eigenvalue weighted by atomic mass is 32.2. The fourth-order valence-electron chi connectivity index (χ4n) is 5.28.